The molecule has 1 N–H and O–H groups in total. The summed E-state index contributed by atoms with van der Waals surface area (Å²) in [5, 5.41) is 1.91. The summed E-state index contributed by atoms with van der Waals surface area (Å²) < 4.78 is 0. The van der Waals surface area contributed by atoms with Crippen molar-refractivity contribution in [2.24, 2.45) is 0 Å². The summed E-state index contributed by atoms with van der Waals surface area (Å²) in [6.07, 6.45) is 5.35. The number of rotatable bonds is 1. The minimum absolute atomic E-state index is 0.918. The van der Waals surface area contributed by atoms with E-state index >= 15 is 0 Å². The molecular weight excluding hydrogens is 208 g/mol. The number of hydrogen-bond donors (Lipinski definition) is 1. The van der Waals surface area contributed by atoms with Crippen LogP contribution in [-0.2, 0) is 0 Å². The predicted octanol–water partition coefficient (Wildman–Crippen LogP) is 2.23. The molecular formula is C10H8N4S. The van der Waals surface area contributed by atoms with E-state index in [9.17, 15) is 0 Å². The predicted molar refractivity (Wildman–Crippen MR) is 61.0 cm³/mol. The van der Waals surface area contributed by atoms with Crippen LogP contribution in [0.5, 0.6) is 0 Å². The van der Waals surface area contributed by atoms with E-state index in [4.69, 9.17) is 0 Å². The number of benzene rings is 1. The molecule has 2 aromatic heterocycles. The van der Waals surface area contributed by atoms with Crippen molar-refractivity contribution < 1.29 is 0 Å². The first-order valence-electron chi connectivity index (χ1n) is 4.51. The zero-order valence-corrected chi connectivity index (χ0v) is 8.88. The second-order valence-electron chi connectivity index (χ2n) is 3.16. The van der Waals surface area contributed by atoms with Crippen LogP contribution in [-0.4, -0.2) is 26.2 Å². The van der Waals surface area contributed by atoms with Gasteiger partial charge in [-0.1, -0.05) is 11.8 Å². The molecule has 2 heterocycles. The van der Waals surface area contributed by atoms with Crippen LogP contribution in [0.3, 0.4) is 0 Å². The first-order chi connectivity index (χ1) is 7.38. The van der Waals surface area contributed by atoms with E-state index in [0.717, 1.165) is 27.1 Å². The fourth-order valence-electron chi connectivity index (χ4n) is 1.60. The lowest BCUT2D eigenvalue weighted by Crippen LogP contribution is -1.81. The fourth-order valence-corrected chi connectivity index (χ4v) is 2.00. The van der Waals surface area contributed by atoms with Gasteiger partial charge in [0.25, 0.3) is 0 Å². The van der Waals surface area contributed by atoms with Gasteiger partial charge in [-0.25, -0.2) is 15.0 Å². The van der Waals surface area contributed by atoms with Gasteiger partial charge in [0, 0.05) is 11.6 Å². The van der Waals surface area contributed by atoms with E-state index in [1.807, 2.05) is 18.4 Å². The second-order valence-corrected chi connectivity index (χ2v) is 3.96. The van der Waals surface area contributed by atoms with E-state index in [0.29, 0.717) is 0 Å². The Kier molecular flexibility index (Phi) is 1.85. The Morgan fingerprint density at radius 2 is 2.27 bits per heavy atom. The maximum atomic E-state index is 4.49. The molecule has 0 bridgehead atoms. The van der Waals surface area contributed by atoms with Gasteiger partial charge in [-0.3, -0.25) is 0 Å². The number of imidazole rings is 1. The lowest BCUT2D eigenvalue weighted by Gasteiger charge is -1.94. The van der Waals surface area contributed by atoms with Crippen LogP contribution < -0.4 is 0 Å². The van der Waals surface area contributed by atoms with Crippen LogP contribution in [0.25, 0.3) is 21.9 Å². The molecule has 1 aromatic carbocycles. The maximum absolute atomic E-state index is 4.49. The zero-order chi connectivity index (χ0) is 10.3. The van der Waals surface area contributed by atoms with E-state index in [1.54, 1.807) is 24.3 Å². The third kappa shape index (κ3) is 1.27. The number of thioether (sulfide) groups is 1. The Bertz CT molecular complexity index is 631. The molecule has 0 atom stereocenters. The van der Waals surface area contributed by atoms with Crippen molar-refractivity contribution in [3.8, 4) is 0 Å². The van der Waals surface area contributed by atoms with Gasteiger partial charge in [0.15, 0.2) is 5.16 Å². The first kappa shape index (κ1) is 8.67. The van der Waals surface area contributed by atoms with E-state index < -0.39 is 0 Å². The van der Waals surface area contributed by atoms with Crippen molar-refractivity contribution in [1.82, 2.24) is 19.9 Å². The number of nitrogens with zero attached hydrogens (tertiary/aromatic N) is 3. The molecule has 3 aromatic rings. The van der Waals surface area contributed by atoms with Crippen LogP contribution in [0.15, 0.2) is 29.8 Å². The number of hydrogen-bond acceptors (Lipinski definition) is 4. The molecule has 0 unspecified atom stereocenters. The summed E-state index contributed by atoms with van der Waals surface area (Å²) in [4.78, 5) is 15.9. The fraction of sp³-hybridized carbons (Fsp3) is 0.100. The molecule has 0 saturated heterocycles. The first-order valence-corrected chi connectivity index (χ1v) is 5.73. The van der Waals surface area contributed by atoms with Gasteiger partial charge < -0.3 is 4.98 Å². The highest BCUT2D eigenvalue weighted by Gasteiger charge is 2.06. The normalized spacial score (nSPS) is 11.3. The number of aromatic nitrogens is 4. The van der Waals surface area contributed by atoms with E-state index in [2.05, 4.69) is 19.9 Å². The number of nitrogens with one attached hydrogen (secondary N) is 1. The third-order valence-electron chi connectivity index (χ3n) is 2.31. The zero-order valence-electron chi connectivity index (χ0n) is 8.06. The van der Waals surface area contributed by atoms with Crippen molar-refractivity contribution in [3.05, 3.63) is 24.7 Å². The second kappa shape index (κ2) is 3.20. The summed E-state index contributed by atoms with van der Waals surface area (Å²) in [5.41, 5.74) is 2.90. The van der Waals surface area contributed by atoms with E-state index in [1.165, 1.54) is 0 Å². The molecule has 0 aliphatic carbocycles. The molecule has 0 spiro atoms. The van der Waals surface area contributed by atoms with Gasteiger partial charge in [0.1, 0.15) is 11.8 Å². The highest BCUT2D eigenvalue weighted by molar-refractivity contribution is 7.98. The highest BCUT2D eigenvalue weighted by atomic mass is 32.2. The van der Waals surface area contributed by atoms with E-state index in [-0.39, 0.29) is 0 Å². The molecule has 3 rings (SSSR count). The topological polar surface area (TPSA) is 54.5 Å². The Balaban J connectivity index is 2.47. The van der Waals surface area contributed by atoms with Crippen molar-refractivity contribution >= 4 is 33.7 Å². The van der Waals surface area contributed by atoms with Crippen LogP contribution in [0.1, 0.15) is 0 Å². The molecule has 0 amide bonds. The summed E-state index contributed by atoms with van der Waals surface area (Å²) in [6.45, 7) is 0. The van der Waals surface area contributed by atoms with Crippen molar-refractivity contribution in [2.45, 2.75) is 5.16 Å². The average Bonchev–Trinajstić information content (AvgIpc) is 2.72. The standard InChI is InChI=1S/C10H8N4S/c1-15-10-13-8-3-2-7-6(9(8)14-10)4-11-5-12-7/h2-5H,1H3,(H,13,14). The van der Waals surface area contributed by atoms with Crippen LogP contribution >= 0.6 is 11.8 Å². The van der Waals surface area contributed by atoms with Gasteiger partial charge in [-0.05, 0) is 18.4 Å². The molecule has 0 aliphatic heterocycles. The lowest BCUT2D eigenvalue weighted by molar-refractivity contribution is 1.09. The quantitative estimate of drug-likeness (QED) is 0.634. The Labute approximate surface area is 90.2 Å². The summed E-state index contributed by atoms with van der Waals surface area (Å²) in [7, 11) is 0. The SMILES string of the molecule is CSc1nc2c(ccc3ncncc32)[nH]1. The third-order valence-corrected chi connectivity index (χ3v) is 2.89. The highest BCUT2D eigenvalue weighted by Crippen LogP contribution is 2.23. The number of aromatic amines is 1. The Morgan fingerprint density at radius 3 is 3.13 bits per heavy atom. The van der Waals surface area contributed by atoms with Crippen LogP contribution in [0.2, 0.25) is 0 Å². The summed E-state index contributed by atoms with van der Waals surface area (Å²) >= 11 is 1.60. The van der Waals surface area contributed by atoms with Crippen molar-refractivity contribution in [2.75, 3.05) is 6.26 Å². The van der Waals surface area contributed by atoms with Gasteiger partial charge >= 0.3 is 0 Å². The molecule has 15 heavy (non-hydrogen) atoms. The Hall–Kier alpha value is -1.62. The van der Waals surface area contributed by atoms with Crippen molar-refractivity contribution in [3.63, 3.8) is 0 Å². The van der Waals surface area contributed by atoms with Gasteiger partial charge in [-0.15, -0.1) is 0 Å². The molecule has 0 fully saturated rings. The van der Waals surface area contributed by atoms with Crippen LogP contribution in [0.4, 0.5) is 0 Å². The molecule has 5 heteroatoms. The molecule has 0 aliphatic rings. The minimum Gasteiger partial charge on any atom is -0.333 e. The summed E-state index contributed by atoms with van der Waals surface area (Å²) in [5.74, 6) is 0. The monoisotopic (exact) mass is 216 g/mol. The van der Waals surface area contributed by atoms with Crippen molar-refractivity contribution in [1.29, 1.82) is 0 Å². The van der Waals surface area contributed by atoms with Crippen LogP contribution in [0, 0.1) is 0 Å². The Morgan fingerprint density at radius 1 is 1.33 bits per heavy atom. The lowest BCUT2D eigenvalue weighted by atomic mass is 10.2. The molecule has 74 valence electrons. The molecule has 4 nitrogen and oxygen atoms in total. The smallest absolute Gasteiger partial charge is 0.166 e. The number of fused-ring (bicyclic) bond motifs is 3. The van der Waals surface area contributed by atoms with Gasteiger partial charge in [0.05, 0.1) is 11.0 Å². The average molecular weight is 216 g/mol. The number of H-pyrrole nitrogens is 1. The van der Waals surface area contributed by atoms with Gasteiger partial charge in [-0.2, -0.15) is 0 Å². The minimum atomic E-state index is 0.918. The molecule has 0 radical (unpaired) electrons. The largest absolute Gasteiger partial charge is 0.333 e. The summed E-state index contributed by atoms with van der Waals surface area (Å²) in [6, 6.07) is 3.97. The van der Waals surface area contributed by atoms with Gasteiger partial charge in [0.2, 0.25) is 0 Å². The maximum Gasteiger partial charge on any atom is 0.166 e. The molecule has 0 saturated carbocycles.